The maximum Gasteiger partial charge on any atom is 0.283 e. The average Bonchev–Trinajstić information content (AvgIpc) is 2.61. The van der Waals surface area contributed by atoms with Crippen LogP contribution in [0.2, 0.25) is 0 Å². The van der Waals surface area contributed by atoms with E-state index in [0.29, 0.717) is 0 Å². The molecule has 0 aliphatic rings. The second-order valence-corrected chi connectivity index (χ2v) is 3.55. The summed E-state index contributed by atoms with van der Waals surface area (Å²) in [5.41, 5.74) is 2.40. The van der Waals surface area contributed by atoms with Crippen molar-refractivity contribution in [3.63, 3.8) is 0 Å². The Balaban J connectivity index is 2.82. The quantitative estimate of drug-likeness (QED) is 0.755. The van der Waals surface area contributed by atoms with Crippen molar-refractivity contribution in [2.45, 2.75) is 33.5 Å². The zero-order valence-corrected chi connectivity index (χ0v) is 9.27. The van der Waals surface area contributed by atoms with Gasteiger partial charge in [0.2, 0.25) is 0 Å². The molecule has 1 aromatic heterocycles. The van der Waals surface area contributed by atoms with E-state index in [1.807, 2.05) is 12.1 Å². The van der Waals surface area contributed by atoms with Crippen molar-refractivity contribution in [3.05, 3.63) is 30.1 Å². The van der Waals surface area contributed by atoms with Crippen LogP contribution in [0.3, 0.4) is 0 Å². The highest BCUT2D eigenvalue weighted by Crippen LogP contribution is 2.14. The summed E-state index contributed by atoms with van der Waals surface area (Å²) in [5.74, 6) is 0.987. The van der Waals surface area contributed by atoms with E-state index in [9.17, 15) is 5.11 Å². The third kappa shape index (κ3) is 1.43. The smallest absolute Gasteiger partial charge is 0.283 e. The third-order valence-corrected chi connectivity index (χ3v) is 2.86. The minimum atomic E-state index is 0.0936. The Morgan fingerprint density at radius 2 is 2.00 bits per heavy atom. The van der Waals surface area contributed by atoms with Crippen LogP contribution in [-0.2, 0) is 19.7 Å². The number of nitrogens with zero attached hydrogens (tertiary/aromatic N) is 2. The summed E-state index contributed by atoms with van der Waals surface area (Å²) in [7, 11) is 0. The van der Waals surface area contributed by atoms with Gasteiger partial charge in [-0.1, -0.05) is 12.1 Å². The van der Waals surface area contributed by atoms with E-state index in [4.69, 9.17) is 0 Å². The van der Waals surface area contributed by atoms with E-state index in [1.165, 1.54) is 11.0 Å². The van der Waals surface area contributed by atoms with E-state index < -0.39 is 0 Å². The Labute approximate surface area is 89.6 Å². The molecule has 15 heavy (non-hydrogen) atoms. The van der Waals surface area contributed by atoms with Gasteiger partial charge in [0.1, 0.15) is 6.61 Å². The molecule has 0 radical (unpaired) electrons. The molecule has 2 aromatic rings. The molecule has 1 N–H and O–H groups in total. The van der Waals surface area contributed by atoms with Crippen molar-refractivity contribution in [2.24, 2.45) is 0 Å². The largest absolute Gasteiger partial charge is 0.384 e. The summed E-state index contributed by atoms with van der Waals surface area (Å²) in [6.45, 7) is 6.08. The van der Waals surface area contributed by atoms with Crippen LogP contribution in [0, 0.1) is 0 Å². The number of aromatic nitrogens is 2. The lowest BCUT2D eigenvalue weighted by Gasteiger charge is -1.97. The summed E-state index contributed by atoms with van der Waals surface area (Å²) in [4.78, 5) is 0. The molecular weight excluding hydrogens is 188 g/mol. The Kier molecular flexibility index (Phi) is 2.73. The van der Waals surface area contributed by atoms with E-state index in [-0.39, 0.29) is 6.61 Å². The number of aliphatic hydroxyl groups is 1. The number of hydrogen-bond acceptors (Lipinski definition) is 1. The molecule has 0 aliphatic heterocycles. The predicted octanol–water partition coefficient (Wildman–Crippen LogP) is 1.46. The molecule has 0 saturated carbocycles. The van der Waals surface area contributed by atoms with Gasteiger partial charge in [-0.05, 0) is 26.0 Å². The van der Waals surface area contributed by atoms with Crippen LogP contribution < -0.4 is 4.57 Å². The van der Waals surface area contributed by atoms with Crippen LogP contribution in [0.1, 0.15) is 19.7 Å². The van der Waals surface area contributed by atoms with Crippen molar-refractivity contribution < 1.29 is 9.67 Å². The number of imidazole rings is 1. The fourth-order valence-electron chi connectivity index (χ4n) is 2.22. The third-order valence-electron chi connectivity index (χ3n) is 2.86. The summed E-state index contributed by atoms with van der Waals surface area (Å²) >= 11 is 0. The minimum Gasteiger partial charge on any atom is -0.384 e. The van der Waals surface area contributed by atoms with Crippen molar-refractivity contribution in [1.82, 2.24) is 4.57 Å². The Bertz CT molecular complexity index is 433. The number of aryl methyl sites for hydroxylation is 2. The standard InChI is InChI=1S/C12H17N2O/c1-3-13-10-7-5-6-8-11(10)14(4-2)12(13)9-15/h5-8,15H,3-4,9H2,1-2H3/q+1. The molecular formula is C12H17N2O+. The molecule has 80 valence electrons. The van der Waals surface area contributed by atoms with E-state index in [0.717, 1.165) is 18.9 Å². The first-order chi connectivity index (χ1) is 7.33. The fraction of sp³-hybridized carbons (Fsp3) is 0.417. The molecule has 0 spiro atoms. The van der Waals surface area contributed by atoms with Gasteiger partial charge in [-0.25, -0.2) is 9.13 Å². The molecule has 1 heterocycles. The predicted molar refractivity (Wildman–Crippen MR) is 59.4 cm³/mol. The Morgan fingerprint density at radius 3 is 2.60 bits per heavy atom. The molecule has 0 unspecified atom stereocenters. The minimum absolute atomic E-state index is 0.0936. The molecule has 0 atom stereocenters. The van der Waals surface area contributed by atoms with E-state index >= 15 is 0 Å². The first-order valence-corrected chi connectivity index (χ1v) is 5.44. The number of fused-ring (bicyclic) bond motifs is 1. The summed E-state index contributed by atoms with van der Waals surface area (Å²) < 4.78 is 4.33. The first kappa shape index (κ1) is 10.2. The van der Waals surface area contributed by atoms with Crippen molar-refractivity contribution in [1.29, 1.82) is 0 Å². The van der Waals surface area contributed by atoms with Crippen LogP contribution >= 0.6 is 0 Å². The average molecular weight is 205 g/mol. The van der Waals surface area contributed by atoms with E-state index in [1.54, 1.807) is 0 Å². The van der Waals surface area contributed by atoms with Gasteiger partial charge in [-0.15, -0.1) is 0 Å². The van der Waals surface area contributed by atoms with Gasteiger partial charge < -0.3 is 5.11 Å². The van der Waals surface area contributed by atoms with Gasteiger partial charge in [0.05, 0.1) is 13.1 Å². The molecule has 0 aliphatic carbocycles. The topological polar surface area (TPSA) is 29.0 Å². The second-order valence-electron chi connectivity index (χ2n) is 3.55. The highest BCUT2D eigenvalue weighted by molar-refractivity contribution is 5.72. The van der Waals surface area contributed by atoms with Crippen LogP contribution in [0.15, 0.2) is 24.3 Å². The number of para-hydroxylation sites is 2. The van der Waals surface area contributed by atoms with Crippen LogP contribution in [0.5, 0.6) is 0 Å². The molecule has 1 aromatic carbocycles. The SMILES string of the molecule is CCn1c(CO)[n+](CC)c2ccccc21. The highest BCUT2D eigenvalue weighted by Gasteiger charge is 2.21. The van der Waals surface area contributed by atoms with Crippen LogP contribution in [-0.4, -0.2) is 9.67 Å². The highest BCUT2D eigenvalue weighted by atomic mass is 16.3. The van der Waals surface area contributed by atoms with Crippen molar-refractivity contribution in [3.8, 4) is 0 Å². The number of rotatable bonds is 3. The normalized spacial score (nSPS) is 11.1. The lowest BCUT2D eigenvalue weighted by atomic mass is 10.3. The first-order valence-electron chi connectivity index (χ1n) is 5.44. The van der Waals surface area contributed by atoms with Gasteiger partial charge in [-0.3, -0.25) is 0 Å². The summed E-state index contributed by atoms with van der Waals surface area (Å²) in [5, 5.41) is 9.42. The monoisotopic (exact) mass is 205 g/mol. The maximum absolute atomic E-state index is 9.42. The van der Waals surface area contributed by atoms with Gasteiger partial charge in [0, 0.05) is 0 Å². The van der Waals surface area contributed by atoms with Crippen molar-refractivity contribution in [2.75, 3.05) is 0 Å². The molecule has 2 rings (SSSR count). The second kappa shape index (κ2) is 4.03. The van der Waals surface area contributed by atoms with Gasteiger partial charge in [0.15, 0.2) is 11.0 Å². The molecule has 0 amide bonds. The van der Waals surface area contributed by atoms with Crippen LogP contribution in [0.4, 0.5) is 0 Å². The van der Waals surface area contributed by atoms with Gasteiger partial charge in [0.25, 0.3) is 5.82 Å². The lowest BCUT2D eigenvalue weighted by molar-refractivity contribution is -0.678. The Hall–Kier alpha value is -1.35. The maximum atomic E-state index is 9.42. The van der Waals surface area contributed by atoms with Crippen molar-refractivity contribution >= 4 is 11.0 Å². The van der Waals surface area contributed by atoms with E-state index in [2.05, 4.69) is 35.1 Å². The zero-order chi connectivity index (χ0) is 10.8. The molecule has 0 bridgehead atoms. The van der Waals surface area contributed by atoms with Gasteiger partial charge in [-0.2, -0.15) is 0 Å². The van der Waals surface area contributed by atoms with Gasteiger partial charge >= 0.3 is 0 Å². The number of aliphatic hydroxyl groups excluding tert-OH is 1. The molecule has 3 heteroatoms. The summed E-state index contributed by atoms with van der Waals surface area (Å²) in [6, 6.07) is 8.28. The molecule has 3 nitrogen and oxygen atoms in total. The summed E-state index contributed by atoms with van der Waals surface area (Å²) in [6.07, 6.45) is 0. The fourth-order valence-corrected chi connectivity index (χ4v) is 2.22. The lowest BCUT2D eigenvalue weighted by Crippen LogP contribution is -2.36. The molecule has 0 fully saturated rings. The number of hydrogen-bond donors (Lipinski definition) is 1. The number of benzene rings is 1. The zero-order valence-electron chi connectivity index (χ0n) is 9.27. The molecule has 0 saturated heterocycles. The van der Waals surface area contributed by atoms with Crippen LogP contribution in [0.25, 0.3) is 11.0 Å². The Morgan fingerprint density at radius 1 is 1.27 bits per heavy atom.